The number of carbonyl (C=O) groups excluding carboxylic acids is 1. The molecule has 0 amide bonds. The number of aromatic nitrogens is 2. The molecule has 0 saturated heterocycles. The summed E-state index contributed by atoms with van der Waals surface area (Å²) in [6.07, 6.45) is 6.29. The molecule has 0 fully saturated rings. The second-order valence-corrected chi connectivity index (χ2v) is 4.22. The van der Waals surface area contributed by atoms with E-state index in [-0.39, 0.29) is 0 Å². The average Bonchev–Trinajstić information content (AvgIpc) is 3.02. The van der Waals surface area contributed by atoms with Gasteiger partial charge in [0, 0.05) is 23.6 Å². The SMILES string of the molecule is O=Cc1ccccc1-c1ccc(-n2ccnc2)cc1. The summed E-state index contributed by atoms with van der Waals surface area (Å²) in [5, 5.41) is 0. The molecule has 0 aliphatic heterocycles. The zero-order chi connectivity index (χ0) is 13.1. The van der Waals surface area contributed by atoms with Gasteiger partial charge < -0.3 is 4.57 Å². The molecule has 3 heteroatoms. The average molecular weight is 248 g/mol. The van der Waals surface area contributed by atoms with Gasteiger partial charge in [-0.25, -0.2) is 4.98 Å². The molecule has 0 aliphatic rings. The predicted molar refractivity (Wildman–Crippen MR) is 74.4 cm³/mol. The summed E-state index contributed by atoms with van der Waals surface area (Å²) in [7, 11) is 0. The highest BCUT2D eigenvalue weighted by Gasteiger charge is 2.03. The summed E-state index contributed by atoms with van der Waals surface area (Å²) < 4.78 is 1.94. The quantitative estimate of drug-likeness (QED) is 0.666. The first-order chi connectivity index (χ1) is 9.38. The van der Waals surface area contributed by atoms with Crippen molar-refractivity contribution in [1.82, 2.24) is 9.55 Å². The number of imidazole rings is 1. The van der Waals surface area contributed by atoms with Crippen LogP contribution in [0.15, 0.2) is 67.3 Å². The predicted octanol–water partition coefficient (Wildman–Crippen LogP) is 3.35. The van der Waals surface area contributed by atoms with E-state index < -0.39 is 0 Å². The van der Waals surface area contributed by atoms with Crippen molar-refractivity contribution in [2.24, 2.45) is 0 Å². The van der Waals surface area contributed by atoms with Crippen molar-refractivity contribution < 1.29 is 4.79 Å². The summed E-state index contributed by atoms with van der Waals surface area (Å²) >= 11 is 0. The van der Waals surface area contributed by atoms with Gasteiger partial charge in [-0.15, -0.1) is 0 Å². The summed E-state index contributed by atoms with van der Waals surface area (Å²) in [6.45, 7) is 0. The van der Waals surface area contributed by atoms with Crippen LogP contribution in [-0.4, -0.2) is 15.8 Å². The van der Waals surface area contributed by atoms with Gasteiger partial charge in [-0.1, -0.05) is 36.4 Å². The van der Waals surface area contributed by atoms with Gasteiger partial charge in [-0.2, -0.15) is 0 Å². The van der Waals surface area contributed by atoms with Crippen molar-refractivity contribution in [3.63, 3.8) is 0 Å². The van der Waals surface area contributed by atoms with Crippen LogP contribution in [0.4, 0.5) is 0 Å². The Morgan fingerprint density at radius 2 is 1.79 bits per heavy atom. The number of hydrogen-bond donors (Lipinski definition) is 0. The molecule has 0 unspecified atom stereocenters. The van der Waals surface area contributed by atoms with Crippen LogP contribution >= 0.6 is 0 Å². The molecule has 0 spiro atoms. The number of carbonyl (C=O) groups is 1. The van der Waals surface area contributed by atoms with Crippen molar-refractivity contribution in [2.45, 2.75) is 0 Å². The van der Waals surface area contributed by atoms with Crippen LogP contribution in [-0.2, 0) is 0 Å². The summed E-state index contributed by atoms with van der Waals surface area (Å²) in [5.74, 6) is 0. The molecule has 0 bridgehead atoms. The first-order valence-electron chi connectivity index (χ1n) is 6.01. The van der Waals surface area contributed by atoms with Gasteiger partial charge in [0.1, 0.15) is 0 Å². The standard InChI is InChI=1S/C16H12N2O/c19-11-14-3-1-2-4-16(14)13-5-7-15(8-6-13)18-10-9-17-12-18/h1-12H. The van der Waals surface area contributed by atoms with Crippen LogP contribution in [0.1, 0.15) is 10.4 Å². The summed E-state index contributed by atoms with van der Waals surface area (Å²) in [6, 6.07) is 15.6. The Morgan fingerprint density at radius 3 is 2.47 bits per heavy atom. The monoisotopic (exact) mass is 248 g/mol. The first kappa shape index (κ1) is 11.4. The fourth-order valence-electron chi connectivity index (χ4n) is 2.09. The number of hydrogen-bond acceptors (Lipinski definition) is 2. The van der Waals surface area contributed by atoms with E-state index >= 15 is 0 Å². The first-order valence-corrected chi connectivity index (χ1v) is 6.01. The van der Waals surface area contributed by atoms with Gasteiger partial charge >= 0.3 is 0 Å². The van der Waals surface area contributed by atoms with Crippen LogP contribution in [0.25, 0.3) is 16.8 Å². The highest BCUT2D eigenvalue weighted by molar-refractivity contribution is 5.87. The lowest BCUT2D eigenvalue weighted by Gasteiger charge is -2.07. The van der Waals surface area contributed by atoms with E-state index in [2.05, 4.69) is 4.98 Å². The Bertz CT molecular complexity index is 685. The minimum Gasteiger partial charge on any atom is -0.306 e. The van der Waals surface area contributed by atoms with Gasteiger partial charge in [0.2, 0.25) is 0 Å². The van der Waals surface area contributed by atoms with E-state index in [0.29, 0.717) is 5.56 Å². The molecule has 19 heavy (non-hydrogen) atoms. The van der Waals surface area contributed by atoms with E-state index in [1.807, 2.05) is 59.3 Å². The third-order valence-electron chi connectivity index (χ3n) is 3.07. The minimum absolute atomic E-state index is 0.706. The van der Waals surface area contributed by atoms with Crippen molar-refractivity contribution in [3.8, 4) is 16.8 Å². The molecular formula is C16H12N2O. The summed E-state index contributed by atoms with van der Waals surface area (Å²) in [5.41, 5.74) is 3.74. The van der Waals surface area contributed by atoms with Gasteiger partial charge in [0.15, 0.2) is 6.29 Å². The van der Waals surface area contributed by atoms with Crippen molar-refractivity contribution in [1.29, 1.82) is 0 Å². The smallest absolute Gasteiger partial charge is 0.150 e. The van der Waals surface area contributed by atoms with Gasteiger partial charge in [-0.3, -0.25) is 4.79 Å². The minimum atomic E-state index is 0.706. The zero-order valence-electron chi connectivity index (χ0n) is 10.2. The second-order valence-electron chi connectivity index (χ2n) is 4.22. The fraction of sp³-hybridized carbons (Fsp3) is 0. The van der Waals surface area contributed by atoms with E-state index in [0.717, 1.165) is 23.1 Å². The lowest BCUT2D eigenvalue weighted by Crippen LogP contribution is -1.91. The molecule has 0 N–H and O–H groups in total. The maximum Gasteiger partial charge on any atom is 0.150 e. The highest BCUT2D eigenvalue weighted by atomic mass is 16.1. The number of nitrogens with zero attached hydrogens (tertiary/aromatic N) is 2. The molecule has 1 aromatic heterocycles. The topological polar surface area (TPSA) is 34.9 Å². The second kappa shape index (κ2) is 4.90. The largest absolute Gasteiger partial charge is 0.306 e. The third-order valence-corrected chi connectivity index (χ3v) is 3.07. The molecule has 0 aliphatic carbocycles. The molecule has 0 saturated carbocycles. The molecule has 92 valence electrons. The van der Waals surface area contributed by atoms with Crippen LogP contribution in [0.2, 0.25) is 0 Å². The molecule has 2 aromatic carbocycles. The molecule has 0 radical (unpaired) electrons. The Labute approximate surface area is 111 Å². The van der Waals surface area contributed by atoms with Gasteiger partial charge in [-0.05, 0) is 23.3 Å². The lowest BCUT2D eigenvalue weighted by atomic mass is 10.0. The van der Waals surface area contributed by atoms with E-state index in [9.17, 15) is 4.79 Å². The van der Waals surface area contributed by atoms with Crippen LogP contribution in [0.3, 0.4) is 0 Å². The lowest BCUT2D eigenvalue weighted by molar-refractivity contribution is 0.112. The van der Waals surface area contributed by atoms with E-state index in [1.165, 1.54) is 0 Å². The number of benzene rings is 2. The van der Waals surface area contributed by atoms with Crippen LogP contribution in [0, 0.1) is 0 Å². The zero-order valence-corrected chi connectivity index (χ0v) is 10.2. The number of aldehydes is 1. The number of rotatable bonds is 3. The van der Waals surface area contributed by atoms with Crippen molar-refractivity contribution in [2.75, 3.05) is 0 Å². The molecule has 3 nitrogen and oxygen atoms in total. The Balaban J connectivity index is 2.01. The third kappa shape index (κ3) is 2.18. The Morgan fingerprint density at radius 1 is 1.00 bits per heavy atom. The maximum atomic E-state index is 11.0. The molecular weight excluding hydrogens is 236 g/mol. The van der Waals surface area contributed by atoms with Crippen LogP contribution < -0.4 is 0 Å². The van der Waals surface area contributed by atoms with Gasteiger partial charge in [0.05, 0.1) is 6.33 Å². The normalized spacial score (nSPS) is 10.3. The maximum absolute atomic E-state index is 11.0. The highest BCUT2D eigenvalue weighted by Crippen LogP contribution is 2.23. The van der Waals surface area contributed by atoms with Crippen molar-refractivity contribution in [3.05, 3.63) is 72.8 Å². The van der Waals surface area contributed by atoms with E-state index in [4.69, 9.17) is 0 Å². The fourth-order valence-corrected chi connectivity index (χ4v) is 2.09. The Kier molecular flexibility index (Phi) is 2.94. The van der Waals surface area contributed by atoms with Crippen molar-refractivity contribution >= 4 is 6.29 Å². The summed E-state index contributed by atoms with van der Waals surface area (Å²) in [4.78, 5) is 15.1. The van der Waals surface area contributed by atoms with Gasteiger partial charge in [0.25, 0.3) is 0 Å². The molecule has 0 atom stereocenters. The van der Waals surface area contributed by atoms with E-state index in [1.54, 1.807) is 12.5 Å². The molecule has 3 aromatic rings. The Hall–Kier alpha value is -2.68. The molecule has 3 rings (SSSR count). The van der Waals surface area contributed by atoms with Crippen LogP contribution in [0.5, 0.6) is 0 Å². The molecule has 1 heterocycles.